The van der Waals surface area contributed by atoms with Gasteiger partial charge in [-0.1, -0.05) is 158 Å². The highest BCUT2D eigenvalue weighted by atomic mass is 15.3. The highest BCUT2D eigenvalue weighted by Gasteiger charge is 2.14. The Morgan fingerprint density at radius 1 is 0.309 bits per heavy atom. The van der Waals surface area contributed by atoms with Crippen LogP contribution in [0.25, 0.3) is 94.9 Å². The molecule has 8 aromatic carbocycles. The lowest BCUT2D eigenvalue weighted by molar-refractivity contribution is 0.911. The molecule has 2 aromatic heterocycles. The summed E-state index contributed by atoms with van der Waals surface area (Å²) in [4.78, 5) is 14.8. The van der Waals surface area contributed by atoms with Crippen molar-refractivity contribution in [2.45, 2.75) is 0 Å². The molecule has 0 amide bonds. The first-order valence-electron chi connectivity index (χ1n) is 18.4. The quantitative estimate of drug-likeness (QED) is 0.166. The fourth-order valence-corrected chi connectivity index (χ4v) is 7.32. The third-order valence-electron chi connectivity index (χ3n) is 10.1. The van der Waals surface area contributed by atoms with Gasteiger partial charge in [-0.25, -0.2) is 19.6 Å². The molecule has 10 rings (SSSR count). The second kappa shape index (κ2) is 13.8. The number of aromatic nitrogens is 5. The van der Waals surface area contributed by atoms with Crippen LogP contribution in [0.1, 0.15) is 0 Å². The van der Waals surface area contributed by atoms with Crippen molar-refractivity contribution < 1.29 is 0 Å². The van der Waals surface area contributed by atoms with Crippen LogP contribution in [0.15, 0.2) is 200 Å². The number of benzene rings is 8. The van der Waals surface area contributed by atoms with Crippen molar-refractivity contribution in [3.05, 3.63) is 200 Å². The Balaban J connectivity index is 0.995. The summed E-state index contributed by atoms with van der Waals surface area (Å²) in [5, 5.41) is 8.43. The molecule has 0 unspecified atom stereocenters. The largest absolute Gasteiger partial charge is 0.233 e. The van der Waals surface area contributed by atoms with Gasteiger partial charge in [0.2, 0.25) is 0 Å². The molecule has 0 aliphatic rings. The van der Waals surface area contributed by atoms with E-state index in [0.717, 1.165) is 55.5 Å². The van der Waals surface area contributed by atoms with E-state index in [4.69, 9.17) is 20.1 Å². The summed E-state index contributed by atoms with van der Waals surface area (Å²) in [6, 6.07) is 67.4. The summed E-state index contributed by atoms with van der Waals surface area (Å²) in [7, 11) is 0. The molecule has 0 radical (unpaired) electrons. The first-order valence-corrected chi connectivity index (χ1v) is 18.4. The zero-order chi connectivity index (χ0) is 36.6. The maximum atomic E-state index is 4.96. The van der Waals surface area contributed by atoms with Gasteiger partial charge in [-0.3, -0.25) is 0 Å². The lowest BCUT2D eigenvalue weighted by Gasteiger charge is -2.11. The third kappa shape index (κ3) is 6.24. The Morgan fingerprint density at radius 2 is 0.764 bits per heavy atom. The summed E-state index contributed by atoms with van der Waals surface area (Å²) in [6.45, 7) is 0. The van der Waals surface area contributed by atoms with Crippen molar-refractivity contribution in [2.75, 3.05) is 0 Å². The standard InChI is InChI=1S/C50H33N5/c1-4-13-34(14-5-1)42-26-25-35-27-28-47-46(45(35)32-42)33-51-55(47)44-24-12-22-41(31-44)39-20-10-19-38(29-39)40-21-11-23-43(30-40)50-53-48(36-15-6-2-7-16-36)52-49(54-50)37-17-8-3-9-18-37/h1-33H. The zero-order valence-corrected chi connectivity index (χ0v) is 29.8. The van der Waals surface area contributed by atoms with Crippen LogP contribution >= 0.6 is 0 Å². The molecule has 0 bridgehead atoms. The van der Waals surface area contributed by atoms with E-state index in [9.17, 15) is 0 Å². The van der Waals surface area contributed by atoms with Crippen LogP contribution < -0.4 is 0 Å². The monoisotopic (exact) mass is 703 g/mol. The molecular formula is C50H33N5. The maximum absolute atomic E-state index is 4.96. The second-order valence-electron chi connectivity index (χ2n) is 13.6. The van der Waals surface area contributed by atoms with Crippen LogP contribution in [-0.2, 0) is 0 Å². The highest BCUT2D eigenvalue weighted by molar-refractivity contribution is 6.08. The number of hydrogen-bond acceptors (Lipinski definition) is 4. The Hall–Kier alpha value is -7.50. The number of hydrogen-bond donors (Lipinski definition) is 0. The zero-order valence-electron chi connectivity index (χ0n) is 29.8. The molecule has 55 heavy (non-hydrogen) atoms. The lowest BCUT2D eigenvalue weighted by Crippen LogP contribution is -2.00. The van der Waals surface area contributed by atoms with E-state index in [1.807, 2.05) is 71.5 Å². The van der Waals surface area contributed by atoms with Crippen LogP contribution in [0, 0.1) is 0 Å². The van der Waals surface area contributed by atoms with Crippen molar-refractivity contribution >= 4 is 21.7 Å². The van der Waals surface area contributed by atoms with E-state index in [-0.39, 0.29) is 0 Å². The molecule has 0 fully saturated rings. The van der Waals surface area contributed by atoms with E-state index in [2.05, 4.69) is 133 Å². The smallest absolute Gasteiger partial charge is 0.164 e. The van der Waals surface area contributed by atoms with Crippen LogP contribution in [0.5, 0.6) is 0 Å². The molecule has 0 aliphatic heterocycles. The summed E-state index contributed by atoms with van der Waals surface area (Å²) in [6.07, 6.45) is 1.99. The van der Waals surface area contributed by atoms with Crippen molar-refractivity contribution in [1.29, 1.82) is 0 Å². The molecule has 0 spiro atoms. The molecule has 0 atom stereocenters. The number of fused-ring (bicyclic) bond motifs is 3. The van der Waals surface area contributed by atoms with Gasteiger partial charge in [0.25, 0.3) is 0 Å². The molecule has 0 saturated heterocycles. The average molecular weight is 704 g/mol. The minimum Gasteiger partial charge on any atom is -0.233 e. The van der Waals surface area contributed by atoms with Gasteiger partial charge in [0, 0.05) is 22.1 Å². The lowest BCUT2D eigenvalue weighted by atomic mass is 9.97. The molecule has 5 nitrogen and oxygen atoms in total. The van der Waals surface area contributed by atoms with Gasteiger partial charge in [-0.05, 0) is 80.6 Å². The Labute approximate surface area is 318 Å². The summed E-state index contributed by atoms with van der Waals surface area (Å²) >= 11 is 0. The Morgan fingerprint density at radius 3 is 1.38 bits per heavy atom. The van der Waals surface area contributed by atoms with Gasteiger partial charge in [0.1, 0.15) is 0 Å². The molecule has 0 N–H and O–H groups in total. The summed E-state index contributed by atoms with van der Waals surface area (Å²) in [5.74, 6) is 1.92. The third-order valence-corrected chi connectivity index (χ3v) is 10.1. The highest BCUT2D eigenvalue weighted by Crippen LogP contribution is 2.34. The number of nitrogens with zero attached hydrogens (tertiary/aromatic N) is 5. The fourth-order valence-electron chi connectivity index (χ4n) is 7.32. The first-order chi connectivity index (χ1) is 27.2. The van der Waals surface area contributed by atoms with E-state index in [1.54, 1.807) is 0 Å². The molecule has 5 heteroatoms. The average Bonchev–Trinajstić information content (AvgIpc) is 3.72. The summed E-state index contributed by atoms with van der Waals surface area (Å²) < 4.78 is 2.04. The van der Waals surface area contributed by atoms with Crippen LogP contribution in [0.3, 0.4) is 0 Å². The minimum absolute atomic E-state index is 0.633. The molecule has 0 saturated carbocycles. The Bertz CT molecular complexity index is 2910. The molecular weight excluding hydrogens is 671 g/mol. The normalized spacial score (nSPS) is 11.3. The van der Waals surface area contributed by atoms with E-state index < -0.39 is 0 Å². The van der Waals surface area contributed by atoms with Gasteiger partial charge in [-0.15, -0.1) is 0 Å². The SMILES string of the molecule is c1ccc(-c2ccc3ccc4c(cnn4-c4cccc(-c5cccc(-c6cccc(-c7nc(-c8ccccc8)nc(-c8ccccc8)n7)c6)c5)c4)c3c2)cc1. The second-order valence-corrected chi connectivity index (χ2v) is 13.6. The molecule has 258 valence electrons. The molecule has 10 aromatic rings. The topological polar surface area (TPSA) is 56.5 Å². The van der Waals surface area contributed by atoms with E-state index >= 15 is 0 Å². The number of rotatable bonds is 7. The van der Waals surface area contributed by atoms with E-state index in [0.29, 0.717) is 17.5 Å². The van der Waals surface area contributed by atoms with Crippen molar-refractivity contribution in [1.82, 2.24) is 24.7 Å². The Kier molecular flexibility index (Phi) is 8.08. The van der Waals surface area contributed by atoms with Gasteiger partial charge in [-0.2, -0.15) is 5.10 Å². The minimum atomic E-state index is 0.633. The van der Waals surface area contributed by atoms with E-state index in [1.165, 1.54) is 21.9 Å². The van der Waals surface area contributed by atoms with Gasteiger partial charge >= 0.3 is 0 Å². The van der Waals surface area contributed by atoms with Crippen molar-refractivity contribution in [3.8, 4) is 73.2 Å². The van der Waals surface area contributed by atoms with Crippen molar-refractivity contribution in [2.24, 2.45) is 0 Å². The molecule has 0 aliphatic carbocycles. The van der Waals surface area contributed by atoms with Crippen LogP contribution in [-0.4, -0.2) is 24.7 Å². The maximum Gasteiger partial charge on any atom is 0.164 e. The van der Waals surface area contributed by atoms with Crippen LogP contribution in [0.2, 0.25) is 0 Å². The summed E-state index contributed by atoms with van der Waals surface area (Å²) in [5.41, 5.74) is 11.7. The first kappa shape index (κ1) is 32.2. The fraction of sp³-hybridized carbons (Fsp3) is 0. The molecule has 2 heterocycles. The predicted molar refractivity (Wildman–Crippen MR) is 225 cm³/mol. The van der Waals surface area contributed by atoms with Gasteiger partial charge in [0.05, 0.1) is 17.4 Å². The van der Waals surface area contributed by atoms with Crippen LogP contribution in [0.4, 0.5) is 0 Å². The van der Waals surface area contributed by atoms with Gasteiger partial charge in [0.15, 0.2) is 17.5 Å². The van der Waals surface area contributed by atoms with Gasteiger partial charge < -0.3 is 0 Å². The van der Waals surface area contributed by atoms with Crippen molar-refractivity contribution in [3.63, 3.8) is 0 Å². The predicted octanol–water partition coefficient (Wildman–Crippen LogP) is 12.4.